The second-order valence-electron chi connectivity index (χ2n) is 9.73. The minimum Gasteiger partial charge on any atom is -0.465 e. The summed E-state index contributed by atoms with van der Waals surface area (Å²) in [5.41, 5.74) is -2.36. The fraction of sp³-hybridized carbons (Fsp3) is 0.320. The van der Waals surface area contributed by atoms with Crippen LogP contribution in [0.5, 0.6) is 0 Å². The lowest BCUT2D eigenvalue weighted by Crippen LogP contribution is -2.65. The third kappa shape index (κ3) is 6.34. The Morgan fingerprint density at radius 2 is 1.81 bits per heavy atom. The molecule has 1 saturated carbocycles. The molecule has 1 aromatic carbocycles. The summed E-state index contributed by atoms with van der Waals surface area (Å²) in [4.78, 5) is 45.9. The van der Waals surface area contributed by atoms with Crippen LogP contribution >= 0.6 is 23.2 Å². The molecule has 5 rings (SSSR count). The predicted octanol–water partition coefficient (Wildman–Crippen LogP) is 3.28. The van der Waals surface area contributed by atoms with Crippen molar-refractivity contribution in [2.75, 3.05) is 0 Å². The molecule has 1 aliphatic rings. The monoisotopic (exact) mass is 639 g/mol. The Morgan fingerprint density at radius 1 is 1.09 bits per heavy atom. The number of nitrogens with zero attached hydrogens (tertiary/aromatic N) is 7. The largest absolute Gasteiger partial charge is 0.465 e. The lowest BCUT2D eigenvalue weighted by atomic mass is 9.76. The maximum absolute atomic E-state index is 14.3. The standard InChI is InChI=1S/C25H22Cl2F3N9O4/c26-15-6-4-14(5-7-15)19-36-38(12-18-32-13-39(35-18)20-16(27)3-1-10-31-20)23(43)37(19)11-17(25(28,29)30)33-21(40)24(8-2-9-24)34-22(41)42/h1,3-7,10,13,17,34H,2,8-9,11-12H2,(H,33,40)(H,41,42). The zero-order chi connectivity index (χ0) is 30.9. The van der Waals surface area contributed by atoms with Gasteiger partial charge in [-0.05, 0) is 55.7 Å². The van der Waals surface area contributed by atoms with E-state index in [1.165, 1.54) is 41.5 Å². The van der Waals surface area contributed by atoms with Gasteiger partial charge in [-0.25, -0.2) is 28.9 Å². The number of benzene rings is 1. The van der Waals surface area contributed by atoms with Crippen molar-refractivity contribution in [2.45, 2.75) is 50.1 Å². The van der Waals surface area contributed by atoms with Crippen LogP contribution in [0.2, 0.25) is 10.0 Å². The van der Waals surface area contributed by atoms with Crippen LogP contribution < -0.4 is 16.3 Å². The number of aromatic nitrogens is 7. The molecule has 1 fully saturated rings. The zero-order valence-corrected chi connectivity index (χ0v) is 23.4. The molecule has 0 bridgehead atoms. The number of carbonyl (C=O) groups is 2. The van der Waals surface area contributed by atoms with E-state index in [-0.39, 0.29) is 47.4 Å². The van der Waals surface area contributed by atoms with E-state index in [2.05, 4.69) is 20.2 Å². The Hall–Kier alpha value is -4.44. The van der Waals surface area contributed by atoms with Crippen LogP contribution in [-0.4, -0.2) is 69.0 Å². The summed E-state index contributed by atoms with van der Waals surface area (Å²) >= 11 is 12.1. The van der Waals surface area contributed by atoms with Gasteiger partial charge in [0.15, 0.2) is 17.5 Å². The van der Waals surface area contributed by atoms with Crippen LogP contribution in [0.1, 0.15) is 25.1 Å². The molecule has 43 heavy (non-hydrogen) atoms. The second kappa shape index (κ2) is 11.7. The maximum atomic E-state index is 14.3. The third-order valence-electron chi connectivity index (χ3n) is 6.87. The van der Waals surface area contributed by atoms with Gasteiger partial charge in [0.05, 0.1) is 11.6 Å². The van der Waals surface area contributed by atoms with Gasteiger partial charge >= 0.3 is 18.0 Å². The molecule has 2 amide bonds. The van der Waals surface area contributed by atoms with E-state index in [1.807, 2.05) is 10.6 Å². The van der Waals surface area contributed by atoms with E-state index in [1.54, 1.807) is 12.1 Å². The first-order valence-corrected chi connectivity index (χ1v) is 13.5. The number of rotatable bonds is 9. The number of carboxylic acid groups (broad SMARTS) is 1. The number of pyridine rings is 1. The summed E-state index contributed by atoms with van der Waals surface area (Å²) in [5.74, 6) is -0.921. The van der Waals surface area contributed by atoms with E-state index >= 15 is 0 Å². The summed E-state index contributed by atoms with van der Waals surface area (Å²) in [6.45, 7) is -1.38. The molecule has 1 aliphatic carbocycles. The first-order valence-electron chi connectivity index (χ1n) is 12.7. The third-order valence-corrected chi connectivity index (χ3v) is 7.41. The molecule has 0 aliphatic heterocycles. The number of carbonyl (C=O) groups excluding carboxylic acids is 1. The molecule has 0 radical (unpaired) electrons. The highest BCUT2D eigenvalue weighted by Crippen LogP contribution is 2.33. The highest BCUT2D eigenvalue weighted by molar-refractivity contribution is 6.32. The van der Waals surface area contributed by atoms with Crippen LogP contribution in [-0.2, 0) is 17.9 Å². The van der Waals surface area contributed by atoms with Gasteiger partial charge in [0.2, 0.25) is 5.91 Å². The molecule has 13 nitrogen and oxygen atoms in total. The van der Waals surface area contributed by atoms with Gasteiger partial charge in [-0.1, -0.05) is 23.2 Å². The SMILES string of the molecule is O=C(O)NC1(C(=O)NC(Cn2c(-c3ccc(Cl)cc3)nn(Cc3ncn(-c4ncccc4Cl)n3)c2=O)C(F)(F)F)CCC1. The minimum atomic E-state index is -5.01. The van der Waals surface area contributed by atoms with Crippen LogP contribution in [0.25, 0.3) is 17.2 Å². The lowest BCUT2D eigenvalue weighted by Gasteiger charge is -2.40. The Balaban J connectivity index is 1.49. The van der Waals surface area contributed by atoms with E-state index in [4.69, 9.17) is 28.3 Å². The first kappa shape index (κ1) is 30.0. The summed E-state index contributed by atoms with van der Waals surface area (Å²) < 4.78 is 45.7. The van der Waals surface area contributed by atoms with Crippen LogP contribution in [0.3, 0.4) is 0 Å². The van der Waals surface area contributed by atoms with Crippen LogP contribution in [0, 0.1) is 0 Å². The van der Waals surface area contributed by atoms with Crippen molar-refractivity contribution in [2.24, 2.45) is 0 Å². The number of nitrogens with one attached hydrogen (secondary N) is 2. The number of amides is 2. The van der Waals surface area contributed by atoms with Gasteiger partial charge < -0.3 is 15.7 Å². The Morgan fingerprint density at radius 3 is 2.42 bits per heavy atom. The molecule has 3 N–H and O–H groups in total. The van der Waals surface area contributed by atoms with E-state index in [9.17, 15) is 27.6 Å². The molecular formula is C25H22Cl2F3N9O4. The van der Waals surface area contributed by atoms with Crippen molar-refractivity contribution in [3.63, 3.8) is 0 Å². The molecule has 1 atom stereocenters. The van der Waals surface area contributed by atoms with E-state index in [0.29, 0.717) is 11.4 Å². The van der Waals surface area contributed by atoms with Gasteiger partial charge in [-0.2, -0.15) is 13.2 Å². The van der Waals surface area contributed by atoms with Crippen LogP contribution in [0.4, 0.5) is 18.0 Å². The number of halogens is 5. The topological polar surface area (TPSA) is 162 Å². The zero-order valence-electron chi connectivity index (χ0n) is 21.9. The highest BCUT2D eigenvalue weighted by atomic mass is 35.5. The highest BCUT2D eigenvalue weighted by Gasteiger charge is 2.50. The van der Waals surface area contributed by atoms with Crippen molar-refractivity contribution >= 4 is 35.2 Å². The molecule has 0 spiro atoms. The Bertz CT molecular complexity index is 1720. The van der Waals surface area contributed by atoms with Crippen LogP contribution in [0.15, 0.2) is 53.7 Å². The van der Waals surface area contributed by atoms with E-state index < -0.39 is 42.0 Å². The second-order valence-corrected chi connectivity index (χ2v) is 10.6. The Labute approximate surface area is 250 Å². The summed E-state index contributed by atoms with van der Waals surface area (Å²) in [6.07, 6.45) is -3.23. The predicted molar refractivity (Wildman–Crippen MR) is 146 cm³/mol. The molecule has 0 saturated heterocycles. The Kier molecular flexibility index (Phi) is 8.16. The van der Waals surface area contributed by atoms with E-state index in [0.717, 1.165) is 9.25 Å². The average molecular weight is 640 g/mol. The van der Waals surface area contributed by atoms with Crippen molar-refractivity contribution in [1.82, 2.24) is 44.7 Å². The smallest absolute Gasteiger partial charge is 0.410 e. The summed E-state index contributed by atoms with van der Waals surface area (Å²) in [6, 6.07) is 6.56. The molecule has 4 aromatic rings. The molecule has 3 aromatic heterocycles. The molecule has 1 unspecified atom stereocenters. The summed E-state index contributed by atoms with van der Waals surface area (Å²) in [5, 5.41) is 22.2. The van der Waals surface area contributed by atoms with Gasteiger partial charge in [0.1, 0.15) is 24.5 Å². The first-order chi connectivity index (χ1) is 20.4. The fourth-order valence-corrected chi connectivity index (χ4v) is 4.86. The normalized spacial score (nSPS) is 15.0. The van der Waals surface area contributed by atoms with Gasteiger partial charge in [0, 0.05) is 16.8 Å². The van der Waals surface area contributed by atoms with Crippen molar-refractivity contribution in [3.8, 4) is 17.2 Å². The number of hydrogen-bond donors (Lipinski definition) is 3. The maximum Gasteiger partial charge on any atom is 0.410 e. The van der Waals surface area contributed by atoms with Gasteiger partial charge in [0.25, 0.3) is 0 Å². The van der Waals surface area contributed by atoms with Crippen molar-refractivity contribution < 1.29 is 27.9 Å². The van der Waals surface area contributed by atoms with Crippen molar-refractivity contribution in [1.29, 1.82) is 0 Å². The lowest BCUT2D eigenvalue weighted by molar-refractivity contribution is -0.167. The molecule has 3 heterocycles. The molecule has 18 heteroatoms. The van der Waals surface area contributed by atoms with Gasteiger partial charge in [-0.3, -0.25) is 9.36 Å². The summed E-state index contributed by atoms with van der Waals surface area (Å²) in [7, 11) is 0. The quantitative estimate of drug-likeness (QED) is 0.251. The number of alkyl halides is 3. The van der Waals surface area contributed by atoms with Gasteiger partial charge in [-0.15, -0.1) is 10.2 Å². The average Bonchev–Trinajstić information content (AvgIpc) is 3.50. The molecular weight excluding hydrogens is 618 g/mol. The number of hydrogen-bond acceptors (Lipinski definition) is 7. The fourth-order valence-electron chi connectivity index (χ4n) is 4.53. The van der Waals surface area contributed by atoms with Crippen molar-refractivity contribution in [3.05, 3.63) is 75.3 Å². The minimum absolute atomic E-state index is 0.0347. The molecule has 226 valence electrons.